The Balaban J connectivity index is 3.94. The van der Waals surface area contributed by atoms with Crippen LogP contribution in [0.25, 0.3) is 0 Å². The summed E-state index contributed by atoms with van der Waals surface area (Å²) in [5.74, 6) is -0.106. The van der Waals surface area contributed by atoms with Gasteiger partial charge in [-0.05, 0) is 6.42 Å². The fourth-order valence-electron chi connectivity index (χ4n) is 2.32. The van der Waals surface area contributed by atoms with Crippen LogP contribution in [0, 0.1) is 0 Å². The molecule has 0 aromatic heterocycles. The molecule has 0 aliphatic heterocycles. The molecule has 0 aliphatic rings. The molecule has 0 amide bonds. The molecule has 0 aromatic carbocycles. The van der Waals surface area contributed by atoms with Crippen LogP contribution in [0.5, 0.6) is 0 Å². The van der Waals surface area contributed by atoms with Gasteiger partial charge in [0.15, 0.2) is 0 Å². The molecule has 9 heteroatoms. The zero-order chi connectivity index (χ0) is 20.4. The van der Waals surface area contributed by atoms with E-state index in [0.717, 1.165) is 19.3 Å². The van der Waals surface area contributed by atoms with E-state index in [1.807, 2.05) is 0 Å². The smallest absolute Gasteiger partial charge is 0.389 e. The van der Waals surface area contributed by atoms with E-state index in [2.05, 4.69) is 6.92 Å². The van der Waals surface area contributed by atoms with Gasteiger partial charge in [0.1, 0.15) is 0 Å². The van der Waals surface area contributed by atoms with Crippen LogP contribution in [0.15, 0.2) is 0 Å². The van der Waals surface area contributed by atoms with Crippen molar-refractivity contribution in [3.8, 4) is 0 Å². The molecule has 0 saturated heterocycles. The van der Waals surface area contributed by atoms with Crippen LogP contribution in [-0.4, -0.2) is 54.0 Å². The molecule has 27 heavy (non-hydrogen) atoms. The normalized spacial score (nSPS) is 16.2. The van der Waals surface area contributed by atoms with Crippen molar-refractivity contribution in [1.82, 2.24) is 0 Å². The third kappa shape index (κ3) is 17.2. The molecular formula is C18H37Cl2O6P. The number of hydrogen-bond donors (Lipinski definition) is 2. The number of halogens is 2. The predicted molar refractivity (Wildman–Crippen MR) is 111 cm³/mol. The molecule has 0 fully saturated rings. The molecule has 0 heterocycles. The van der Waals surface area contributed by atoms with Crippen molar-refractivity contribution in [1.29, 1.82) is 0 Å². The average molecular weight is 451 g/mol. The summed E-state index contributed by atoms with van der Waals surface area (Å²) < 4.78 is 28.0. The summed E-state index contributed by atoms with van der Waals surface area (Å²) >= 11 is 11.0. The van der Waals surface area contributed by atoms with E-state index in [-0.39, 0.29) is 31.6 Å². The van der Waals surface area contributed by atoms with Crippen LogP contribution in [0.1, 0.15) is 71.1 Å². The summed E-state index contributed by atoms with van der Waals surface area (Å²) in [6.45, 7) is 1.91. The van der Waals surface area contributed by atoms with E-state index in [4.69, 9.17) is 36.8 Å². The Morgan fingerprint density at radius 1 is 0.741 bits per heavy atom. The maximum atomic E-state index is 12.5. The molecule has 6 nitrogen and oxygen atoms in total. The van der Waals surface area contributed by atoms with E-state index in [9.17, 15) is 14.8 Å². The maximum absolute atomic E-state index is 12.5. The summed E-state index contributed by atoms with van der Waals surface area (Å²) in [5.41, 5.74) is 0. The lowest BCUT2D eigenvalue weighted by atomic mass is 10.1. The molecule has 0 rings (SSSR count). The molecule has 0 radical (unpaired) electrons. The van der Waals surface area contributed by atoms with Crippen molar-refractivity contribution >= 4 is 31.0 Å². The average Bonchev–Trinajstić information content (AvgIpc) is 2.68. The van der Waals surface area contributed by atoms with Crippen molar-refractivity contribution in [3.05, 3.63) is 0 Å². The molecule has 2 unspecified atom stereocenters. The first kappa shape index (κ1) is 27.6. The van der Waals surface area contributed by atoms with Gasteiger partial charge >= 0.3 is 7.82 Å². The fourth-order valence-corrected chi connectivity index (χ4v) is 3.79. The van der Waals surface area contributed by atoms with Crippen molar-refractivity contribution < 1.29 is 28.3 Å². The zero-order valence-electron chi connectivity index (χ0n) is 16.5. The molecule has 0 bridgehead atoms. The maximum Gasteiger partial charge on any atom is 0.474 e. The monoisotopic (exact) mass is 450 g/mol. The van der Waals surface area contributed by atoms with Crippen LogP contribution in [0.2, 0.25) is 0 Å². The number of phosphoric ester groups is 1. The molecular weight excluding hydrogens is 414 g/mol. The highest BCUT2D eigenvalue weighted by Gasteiger charge is 2.28. The van der Waals surface area contributed by atoms with Gasteiger partial charge in [0.25, 0.3) is 0 Å². The molecule has 2 N–H and O–H groups in total. The number of alkyl halides is 2. The second kappa shape index (κ2) is 18.6. The summed E-state index contributed by atoms with van der Waals surface area (Å²) in [6, 6.07) is 0. The van der Waals surface area contributed by atoms with Crippen molar-refractivity contribution in [3.63, 3.8) is 0 Å². The minimum atomic E-state index is -3.87. The lowest BCUT2D eigenvalue weighted by molar-refractivity contribution is 0.0460. The van der Waals surface area contributed by atoms with E-state index >= 15 is 0 Å². The lowest BCUT2D eigenvalue weighted by Crippen LogP contribution is -2.20. The van der Waals surface area contributed by atoms with Crippen LogP contribution >= 0.6 is 31.0 Å². The Morgan fingerprint density at radius 2 is 1.15 bits per heavy atom. The van der Waals surface area contributed by atoms with Gasteiger partial charge in [-0.3, -0.25) is 13.6 Å². The first-order valence-electron chi connectivity index (χ1n) is 9.99. The fraction of sp³-hybridized carbons (Fsp3) is 1.00. The number of rotatable bonds is 20. The van der Waals surface area contributed by atoms with Gasteiger partial charge < -0.3 is 10.2 Å². The van der Waals surface area contributed by atoms with Gasteiger partial charge in [0.05, 0.1) is 43.8 Å². The van der Waals surface area contributed by atoms with E-state index < -0.39 is 20.0 Å². The Labute approximate surface area is 174 Å². The molecule has 0 aliphatic carbocycles. The summed E-state index contributed by atoms with van der Waals surface area (Å²) in [5, 5.41) is 18.9. The van der Waals surface area contributed by atoms with Gasteiger partial charge in [0, 0.05) is 0 Å². The Hall–Kier alpha value is 0.610. The molecule has 0 aromatic rings. The summed E-state index contributed by atoms with van der Waals surface area (Å²) in [7, 11) is -3.87. The summed E-state index contributed by atoms with van der Waals surface area (Å²) in [4.78, 5) is 0. The van der Waals surface area contributed by atoms with Gasteiger partial charge in [-0.1, -0.05) is 64.7 Å². The number of aliphatic hydroxyl groups is 2. The second-order valence-corrected chi connectivity index (χ2v) is 8.96. The van der Waals surface area contributed by atoms with Crippen LogP contribution in [-0.2, 0) is 18.1 Å². The number of aliphatic hydroxyl groups excluding tert-OH is 2. The Bertz CT molecular complexity index is 358. The topological polar surface area (TPSA) is 85.2 Å². The Kier molecular flexibility index (Phi) is 19.0. The van der Waals surface area contributed by atoms with Gasteiger partial charge in [-0.2, -0.15) is 0 Å². The van der Waals surface area contributed by atoms with Gasteiger partial charge in [0.2, 0.25) is 0 Å². The molecule has 0 spiro atoms. The quantitative estimate of drug-likeness (QED) is 0.149. The third-order valence-electron chi connectivity index (χ3n) is 3.95. The highest BCUT2D eigenvalue weighted by Crippen LogP contribution is 2.49. The SMILES string of the molecule is CCCCCCCCCCCCOP(=O)(OCC(O)CCl)OCC(O)CCl. The number of unbranched alkanes of at least 4 members (excludes halogenated alkanes) is 9. The van der Waals surface area contributed by atoms with Crippen LogP contribution < -0.4 is 0 Å². The molecule has 0 saturated carbocycles. The lowest BCUT2D eigenvalue weighted by Gasteiger charge is -2.20. The zero-order valence-corrected chi connectivity index (χ0v) is 18.9. The summed E-state index contributed by atoms with van der Waals surface area (Å²) in [6.07, 6.45) is 9.86. The van der Waals surface area contributed by atoms with E-state index in [0.29, 0.717) is 0 Å². The molecule has 2 atom stereocenters. The van der Waals surface area contributed by atoms with E-state index in [1.165, 1.54) is 44.9 Å². The number of phosphoric acid groups is 1. The van der Waals surface area contributed by atoms with Crippen LogP contribution in [0.4, 0.5) is 0 Å². The Morgan fingerprint density at radius 3 is 1.56 bits per heavy atom. The third-order valence-corrected chi connectivity index (χ3v) is 6.10. The van der Waals surface area contributed by atoms with Crippen molar-refractivity contribution in [2.75, 3.05) is 31.6 Å². The minimum absolute atomic E-state index is 0.0528. The predicted octanol–water partition coefficient (Wildman–Crippen LogP) is 5.26. The van der Waals surface area contributed by atoms with Gasteiger partial charge in [-0.25, -0.2) is 4.57 Å². The van der Waals surface area contributed by atoms with Gasteiger partial charge in [-0.15, -0.1) is 23.2 Å². The first-order chi connectivity index (χ1) is 13.0. The van der Waals surface area contributed by atoms with Crippen LogP contribution in [0.3, 0.4) is 0 Å². The minimum Gasteiger partial charge on any atom is -0.389 e. The first-order valence-corrected chi connectivity index (χ1v) is 12.5. The van der Waals surface area contributed by atoms with Crippen molar-refractivity contribution in [2.24, 2.45) is 0 Å². The number of hydrogen-bond acceptors (Lipinski definition) is 6. The van der Waals surface area contributed by atoms with Crippen molar-refractivity contribution in [2.45, 2.75) is 83.3 Å². The van der Waals surface area contributed by atoms with E-state index in [1.54, 1.807) is 0 Å². The molecule has 164 valence electrons. The largest absolute Gasteiger partial charge is 0.474 e. The highest BCUT2D eigenvalue weighted by atomic mass is 35.5. The standard InChI is InChI=1S/C18H37Cl2O6P/c1-2-3-4-5-6-7-8-9-10-11-12-24-27(23,25-15-17(21)13-19)26-16-18(22)14-20/h17-18,21-22H,2-16H2,1H3. The second-order valence-electron chi connectivity index (χ2n) is 6.67. The highest BCUT2D eigenvalue weighted by molar-refractivity contribution is 7.48.